The summed E-state index contributed by atoms with van der Waals surface area (Å²) in [6.45, 7) is 5.64. The summed E-state index contributed by atoms with van der Waals surface area (Å²) in [5.74, 6) is 0. The number of aliphatic hydroxyl groups is 1. The third-order valence-electron chi connectivity index (χ3n) is 4.87. The largest absolute Gasteiger partial charge is 0.395 e. The van der Waals surface area contributed by atoms with Crippen LogP contribution in [0.25, 0.3) is 0 Å². The summed E-state index contributed by atoms with van der Waals surface area (Å²) < 4.78 is 0. The van der Waals surface area contributed by atoms with Crippen molar-refractivity contribution in [2.24, 2.45) is 0 Å². The molecule has 0 spiro atoms. The quantitative estimate of drug-likeness (QED) is 0.276. The number of rotatable bonds is 19. The lowest BCUT2D eigenvalue weighted by atomic mass is 10.0. The highest BCUT2D eigenvalue weighted by Crippen LogP contribution is 2.14. The minimum Gasteiger partial charge on any atom is -0.395 e. The average Bonchev–Trinajstić information content (AvgIpc) is 2.57. The molecule has 0 amide bonds. The summed E-state index contributed by atoms with van der Waals surface area (Å²) in [6.07, 6.45) is 22.3. The molecule has 2 nitrogen and oxygen atoms in total. The molecule has 1 atom stereocenters. The summed E-state index contributed by atoms with van der Waals surface area (Å²) in [5.41, 5.74) is 0. The highest BCUT2D eigenvalue weighted by Gasteiger charge is 2.04. The number of nitrogens with one attached hydrogen (secondary N) is 1. The normalized spacial score (nSPS) is 12.7. The van der Waals surface area contributed by atoms with Crippen molar-refractivity contribution >= 4 is 0 Å². The summed E-state index contributed by atoms with van der Waals surface area (Å²) in [5, 5.41) is 12.5. The van der Waals surface area contributed by atoms with Crippen molar-refractivity contribution in [3.05, 3.63) is 0 Å². The van der Waals surface area contributed by atoms with Crippen LogP contribution in [0.2, 0.25) is 0 Å². The van der Waals surface area contributed by atoms with Crippen molar-refractivity contribution in [1.82, 2.24) is 5.32 Å². The second-order valence-corrected chi connectivity index (χ2v) is 7.18. The van der Waals surface area contributed by atoms with Gasteiger partial charge in [0.05, 0.1) is 6.61 Å². The van der Waals surface area contributed by atoms with E-state index in [1.54, 1.807) is 0 Å². The van der Waals surface area contributed by atoms with Crippen LogP contribution in [-0.2, 0) is 0 Å². The van der Waals surface area contributed by atoms with Gasteiger partial charge in [0.25, 0.3) is 0 Å². The van der Waals surface area contributed by atoms with Crippen molar-refractivity contribution in [1.29, 1.82) is 0 Å². The predicted molar refractivity (Wildman–Crippen MR) is 104 cm³/mol. The maximum Gasteiger partial charge on any atom is 0.0584 e. The van der Waals surface area contributed by atoms with E-state index >= 15 is 0 Å². The van der Waals surface area contributed by atoms with Gasteiger partial charge in [-0.15, -0.1) is 0 Å². The Morgan fingerprint density at radius 2 is 1.00 bits per heavy atom. The van der Waals surface area contributed by atoms with Crippen LogP contribution in [-0.4, -0.2) is 24.3 Å². The SMILES string of the molecule is CCCCCCCCCCCCCCCCCC(CO)NCC. The summed E-state index contributed by atoms with van der Waals surface area (Å²) in [6, 6.07) is 0.321. The minimum atomic E-state index is 0.284. The number of unbranched alkanes of at least 4 members (excludes halogenated alkanes) is 14. The van der Waals surface area contributed by atoms with Gasteiger partial charge in [0.1, 0.15) is 0 Å². The molecule has 0 bridgehead atoms. The van der Waals surface area contributed by atoms with Crippen molar-refractivity contribution in [3.8, 4) is 0 Å². The van der Waals surface area contributed by atoms with Gasteiger partial charge >= 0.3 is 0 Å². The van der Waals surface area contributed by atoms with Gasteiger partial charge in [0.2, 0.25) is 0 Å². The molecule has 0 aliphatic heterocycles. The van der Waals surface area contributed by atoms with Gasteiger partial charge in [-0.2, -0.15) is 0 Å². The molecule has 0 aliphatic carbocycles. The zero-order valence-electron chi connectivity index (χ0n) is 16.3. The Bertz CT molecular complexity index is 208. The van der Waals surface area contributed by atoms with Gasteiger partial charge in [-0.25, -0.2) is 0 Å². The second-order valence-electron chi connectivity index (χ2n) is 7.18. The smallest absolute Gasteiger partial charge is 0.0584 e. The van der Waals surface area contributed by atoms with Gasteiger partial charge in [0, 0.05) is 6.04 Å². The molecule has 2 heteroatoms. The topological polar surface area (TPSA) is 32.3 Å². The number of aliphatic hydroxyl groups excluding tert-OH is 1. The molecule has 0 aliphatic rings. The summed E-state index contributed by atoms with van der Waals surface area (Å²) >= 11 is 0. The zero-order valence-corrected chi connectivity index (χ0v) is 16.3. The van der Waals surface area contributed by atoms with Crippen LogP contribution in [0, 0.1) is 0 Å². The molecule has 0 saturated carbocycles. The first kappa shape index (κ1) is 22.9. The van der Waals surface area contributed by atoms with Crippen molar-refractivity contribution in [3.63, 3.8) is 0 Å². The van der Waals surface area contributed by atoms with Crippen molar-refractivity contribution < 1.29 is 5.11 Å². The first-order valence-electron chi connectivity index (χ1n) is 10.7. The van der Waals surface area contributed by atoms with E-state index in [0.717, 1.165) is 13.0 Å². The molecule has 0 heterocycles. The van der Waals surface area contributed by atoms with Crippen LogP contribution in [0.1, 0.15) is 117 Å². The fourth-order valence-corrected chi connectivity index (χ4v) is 3.31. The van der Waals surface area contributed by atoms with E-state index in [4.69, 9.17) is 0 Å². The van der Waals surface area contributed by atoms with Crippen LogP contribution in [0.15, 0.2) is 0 Å². The lowest BCUT2D eigenvalue weighted by Crippen LogP contribution is -2.32. The fourth-order valence-electron chi connectivity index (χ4n) is 3.31. The van der Waals surface area contributed by atoms with E-state index in [9.17, 15) is 5.11 Å². The van der Waals surface area contributed by atoms with E-state index in [1.165, 1.54) is 96.3 Å². The molecule has 0 rings (SSSR count). The Labute approximate surface area is 146 Å². The summed E-state index contributed by atoms with van der Waals surface area (Å²) in [7, 11) is 0. The lowest BCUT2D eigenvalue weighted by molar-refractivity contribution is 0.234. The molecule has 140 valence electrons. The predicted octanol–water partition coefficient (Wildman–Crippen LogP) is 6.22. The summed E-state index contributed by atoms with van der Waals surface area (Å²) in [4.78, 5) is 0. The third kappa shape index (κ3) is 18.1. The molecular formula is C21H45NO. The van der Waals surface area contributed by atoms with Crippen LogP contribution in [0.4, 0.5) is 0 Å². The van der Waals surface area contributed by atoms with Gasteiger partial charge in [-0.05, 0) is 13.0 Å². The van der Waals surface area contributed by atoms with E-state index in [-0.39, 0.29) is 6.61 Å². The highest BCUT2D eigenvalue weighted by molar-refractivity contribution is 4.64. The molecular weight excluding hydrogens is 282 g/mol. The average molecular weight is 328 g/mol. The number of hydrogen-bond acceptors (Lipinski definition) is 2. The van der Waals surface area contributed by atoms with Gasteiger partial charge in [-0.3, -0.25) is 0 Å². The first-order valence-corrected chi connectivity index (χ1v) is 10.7. The van der Waals surface area contributed by atoms with Crippen LogP contribution in [0.3, 0.4) is 0 Å². The Balaban J connectivity index is 3.07. The maximum atomic E-state index is 9.21. The first-order chi connectivity index (χ1) is 11.3. The molecule has 0 radical (unpaired) electrons. The van der Waals surface area contributed by atoms with E-state index in [2.05, 4.69) is 19.2 Å². The Kier molecular flexibility index (Phi) is 19.9. The monoisotopic (exact) mass is 327 g/mol. The Morgan fingerprint density at radius 3 is 1.35 bits per heavy atom. The minimum absolute atomic E-state index is 0.284. The lowest BCUT2D eigenvalue weighted by Gasteiger charge is -2.14. The second kappa shape index (κ2) is 20.0. The Hall–Kier alpha value is -0.0800. The van der Waals surface area contributed by atoms with Crippen LogP contribution >= 0.6 is 0 Å². The third-order valence-corrected chi connectivity index (χ3v) is 4.87. The highest BCUT2D eigenvalue weighted by atomic mass is 16.3. The standard InChI is InChI=1S/C21H45NO/c1-3-5-6-7-8-9-10-11-12-13-14-15-16-17-18-19-21(20-23)22-4-2/h21-23H,3-20H2,1-2H3. The van der Waals surface area contributed by atoms with E-state index < -0.39 is 0 Å². The maximum absolute atomic E-state index is 9.21. The van der Waals surface area contributed by atoms with E-state index in [0.29, 0.717) is 6.04 Å². The van der Waals surface area contributed by atoms with Crippen molar-refractivity contribution in [2.75, 3.05) is 13.2 Å². The Morgan fingerprint density at radius 1 is 0.609 bits per heavy atom. The van der Waals surface area contributed by atoms with Crippen LogP contribution in [0.5, 0.6) is 0 Å². The van der Waals surface area contributed by atoms with Gasteiger partial charge < -0.3 is 10.4 Å². The molecule has 0 saturated heterocycles. The zero-order chi connectivity index (χ0) is 17.0. The van der Waals surface area contributed by atoms with Crippen LogP contribution < -0.4 is 5.32 Å². The molecule has 23 heavy (non-hydrogen) atoms. The fraction of sp³-hybridized carbons (Fsp3) is 1.00. The molecule has 1 unspecified atom stereocenters. The molecule has 0 aromatic carbocycles. The van der Waals surface area contributed by atoms with Gasteiger partial charge in [-0.1, -0.05) is 110 Å². The van der Waals surface area contributed by atoms with E-state index in [1.807, 2.05) is 0 Å². The molecule has 2 N–H and O–H groups in total. The van der Waals surface area contributed by atoms with Gasteiger partial charge in [0.15, 0.2) is 0 Å². The van der Waals surface area contributed by atoms with Crippen molar-refractivity contribution in [2.45, 2.75) is 123 Å². The number of likely N-dealkylation sites (N-methyl/N-ethyl adjacent to an activating group) is 1. The molecule has 0 aromatic rings. The molecule has 0 fully saturated rings. The molecule has 0 aromatic heterocycles. The number of hydrogen-bond donors (Lipinski definition) is 2.